The summed E-state index contributed by atoms with van der Waals surface area (Å²) in [6.45, 7) is 0. The zero-order valence-corrected chi connectivity index (χ0v) is 10.5. The molecule has 2 rings (SSSR count). The number of anilines is 1. The summed E-state index contributed by atoms with van der Waals surface area (Å²) < 4.78 is 51.7. The van der Waals surface area contributed by atoms with Crippen LogP contribution in [0.25, 0.3) is 6.08 Å². The lowest BCUT2D eigenvalue weighted by atomic mass is 10.2. The summed E-state index contributed by atoms with van der Waals surface area (Å²) in [7, 11) is 0. The van der Waals surface area contributed by atoms with Crippen molar-refractivity contribution in [2.75, 3.05) is 5.32 Å². The minimum Gasteiger partial charge on any atom is -0.320 e. The first-order chi connectivity index (χ1) is 9.97. The summed E-state index contributed by atoms with van der Waals surface area (Å²) in [5, 5.41) is 2.08. The van der Waals surface area contributed by atoms with Gasteiger partial charge < -0.3 is 5.32 Å². The Morgan fingerprint density at radius 3 is 2.24 bits per heavy atom. The normalized spacial score (nSPS) is 10.9. The van der Waals surface area contributed by atoms with Crippen molar-refractivity contribution in [1.29, 1.82) is 0 Å². The second-order valence-electron chi connectivity index (χ2n) is 4.10. The minimum atomic E-state index is -1.66. The number of nitrogens with one attached hydrogen (secondary N) is 1. The molecule has 0 aliphatic carbocycles. The van der Waals surface area contributed by atoms with Gasteiger partial charge in [0.15, 0.2) is 17.5 Å². The smallest absolute Gasteiger partial charge is 0.248 e. The van der Waals surface area contributed by atoms with Crippen LogP contribution >= 0.6 is 0 Å². The van der Waals surface area contributed by atoms with Crippen molar-refractivity contribution >= 4 is 17.7 Å². The summed E-state index contributed by atoms with van der Waals surface area (Å²) >= 11 is 0. The average molecular weight is 295 g/mol. The molecule has 0 aliphatic rings. The molecule has 0 saturated carbocycles. The van der Waals surface area contributed by atoms with Crippen LogP contribution in [0.5, 0.6) is 0 Å². The van der Waals surface area contributed by atoms with Gasteiger partial charge in [0.1, 0.15) is 5.82 Å². The van der Waals surface area contributed by atoms with Crippen LogP contribution < -0.4 is 5.32 Å². The molecule has 0 spiro atoms. The number of hydrogen-bond donors (Lipinski definition) is 1. The molecule has 108 valence electrons. The molecule has 6 heteroatoms. The van der Waals surface area contributed by atoms with Gasteiger partial charge in [0.05, 0.1) is 5.69 Å². The van der Waals surface area contributed by atoms with Crippen LogP contribution in [-0.2, 0) is 4.79 Å². The molecule has 21 heavy (non-hydrogen) atoms. The van der Waals surface area contributed by atoms with E-state index in [4.69, 9.17) is 0 Å². The Balaban J connectivity index is 2.08. The molecule has 0 aromatic heterocycles. The van der Waals surface area contributed by atoms with Crippen molar-refractivity contribution in [3.05, 3.63) is 71.3 Å². The molecule has 0 radical (unpaired) electrons. The zero-order chi connectivity index (χ0) is 15.4. The van der Waals surface area contributed by atoms with Gasteiger partial charge in [0, 0.05) is 6.08 Å². The van der Waals surface area contributed by atoms with E-state index in [0.717, 1.165) is 12.1 Å². The van der Waals surface area contributed by atoms with E-state index in [9.17, 15) is 22.4 Å². The van der Waals surface area contributed by atoms with E-state index in [-0.39, 0.29) is 0 Å². The largest absolute Gasteiger partial charge is 0.320 e. The number of rotatable bonds is 3. The predicted octanol–water partition coefficient (Wildman–Crippen LogP) is 3.89. The highest BCUT2D eigenvalue weighted by atomic mass is 19.2. The summed E-state index contributed by atoms with van der Waals surface area (Å²) in [6.07, 6.45) is 2.43. The van der Waals surface area contributed by atoms with Crippen LogP contribution in [0, 0.1) is 23.3 Å². The second-order valence-corrected chi connectivity index (χ2v) is 4.10. The Morgan fingerprint density at radius 1 is 0.905 bits per heavy atom. The molecule has 0 saturated heterocycles. The van der Waals surface area contributed by atoms with Gasteiger partial charge in [-0.3, -0.25) is 4.79 Å². The molecule has 0 bridgehead atoms. The molecule has 0 fully saturated rings. The lowest BCUT2D eigenvalue weighted by Gasteiger charge is -2.04. The number of carbonyl (C=O) groups is 1. The molecular formula is C15H9F4NO. The molecule has 0 aliphatic heterocycles. The first kappa shape index (κ1) is 14.8. The Morgan fingerprint density at radius 2 is 1.57 bits per heavy atom. The maximum Gasteiger partial charge on any atom is 0.248 e. The third-order valence-corrected chi connectivity index (χ3v) is 2.59. The summed E-state index contributed by atoms with van der Waals surface area (Å²) in [5.74, 6) is -5.62. The molecular weight excluding hydrogens is 286 g/mol. The molecule has 2 aromatic rings. The van der Waals surface area contributed by atoms with Gasteiger partial charge in [-0.05, 0) is 35.9 Å². The van der Waals surface area contributed by atoms with E-state index in [1.165, 1.54) is 30.3 Å². The van der Waals surface area contributed by atoms with E-state index in [2.05, 4.69) is 5.32 Å². The van der Waals surface area contributed by atoms with Gasteiger partial charge in [-0.25, -0.2) is 17.6 Å². The molecule has 0 unspecified atom stereocenters. The predicted molar refractivity (Wildman–Crippen MR) is 70.4 cm³/mol. The van der Waals surface area contributed by atoms with Gasteiger partial charge in [-0.15, -0.1) is 0 Å². The van der Waals surface area contributed by atoms with Crippen LogP contribution in [0.15, 0.2) is 42.5 Å². The quantitative estimate of drug-likeness (QED) is 0.519. The van der Waals surface area contributed by atoms with Gasteiger partial charge in [-0.1, -0.05) is 12.1 Å². The Labute approximate surface area is 117 Å². The molecule has 0 heterocycles. The highest BCUT2D eigenvalue weighted by Gasteiger charge is 2.14. The second kappa shape index (κ2) is 6.21. The average Bonchev–Trinajstić information content (AvgIpc) is 2.47. The van der Waals surface area contributed by atoms with Gasteiger partial charge in [-0.2, -0.15) is 0 Å². The minimum absolute atomic E-state index is 0.416. The van der Waals surface area contributed by atoms with Crippen LogP contribution in [0.2, 0.25) is 0 Å². The van der Waals surface area contributed by atoms with Crippen molar-refractivity contribution < 1.29 is 22.4 Å². The molecule has 2 nitrogen and oxygen atoms in total. The molecule has 2 aromatic carbocycles. The summed E-state index contributed by atoms with van der Waals surface area (Å²) in [6, 6.07) is 6.93. The Bertz CT molecular complexity index is 696. The van der Waals surface area contributed by atoms with E-state index in [1.807, 2.05) is 0 Å². The first-order valence-corrected chi connectivity index (χ1v) is 5.85. The number of halogens is 4. The third kappa shape index (κ3) is 3.68. The monoisotopic (exact) mass is 295 g/mol. The van der Waals surface area contributed by atoms with Crippen molar-refractivity contribution in [2.24, 2.45) is 0 Å². The van der Waals surface area contributed by atoms with Crippen LogP contribution in [0.3, 0.4) is 0 Å². The summed E-state index contributed by atoms with van der Waals surface area (Å²) in [5.41, 5.74) is 0.0833. The van der Waals surface area contributed by atoms with Crippen molar-refractivity contribution in [2.45, 2.75) is 0 Å². The Kier molecular flexibility index (Phi) is 4.37. The van der Waals surface area contributed by atoms with E-state index in [0.29, 0.717) is 11.6 Å². The molecule has 1 N–H and O–H groups in total. The Hall–Kier alpha value is -2.63. The maximum absolute atomic E-state index is 13.3. The van der Waals surface area contributed by atoms with Crippen molar-refractivity contribution in [1.82, 2.24) is 0 Å². The lowest BCUT2D eigenvalue weighted by Crippen LogP contribution is -2.10. The highest BCUT2D eigenvalue weighted by molar-refractivity contribution is 6.01. The van der Waals surface area contributed by atoms with Crippen LogP contribution in [-0.4, -0.2) is 5.91 Å². The number of benzene rings is 2. The number of hydrogen-bond acceptors (Lipinski definition) is 1. The SMILES string of the molecule is O=C(/C=C/c1ccc(F)cc1)Nc1ccc(F)c(F)c1F. The van der Waals surface area contributed by atoms with E-state index in [1.54, 1.807) is 0 Å². The van der Waals surface area contributed by atoms with Gasteiger partial charge in [0.25, 0.3) is 0 Å². The zero-order valence-electron chi connectivity index (χ0n) is 10.5. The fourth-order valence-electron chi connectivity index (χ4n) is 1.54. The van der Waals surface area contributed by atoms with Gasteiger partial charge in [0.2, 0.25) is 5.91 Å². The van der Waals surface area contributed by atoms with Crippen LogP contribution in [0.1, 0.15) is 5.56 Å². The fraction of sp³-hybridized carbons (Fsp3) is 0. The third-order valence-electron chi connectivity index (χ3n) is 2.59. The molecule has 0 atom stereocenters. The van der Waals surface area contributed by atoms with E-state index >= 15 is 0 Å². The maximum atomic E-state index is 13.3. The highest BCUT2D eigenvalue weighted by Crippen LogP contribution is 2.19. The standard InChI is InChI=1S/C15H9F4NO/c16-10-4-1-9(2-5-10)3-8-13(21)20-12-7-6-11(17)14(18)15(12)19/h1-8H,(H,20,21)/b8-3+. The van der Waals surface area contributed by atoms with E-state index < -0.39 is 34.9 Å². The lowest BCUT2D eigenvalue weighted by molar-refractivity contribution is -0.111. The number of carbonyl (C=O) groups excluding carboxylic acids is 1. The van der Waals surface area contributed by atoms with Gasteiger partial charge >= 0.3 is 0 Å². The molecule has 1 amide bonds. The topological polar surface area (TPSA) is 29.1 Å². The fourth-order valence-corrected chi connectivity index (χ4v) is 1.54. The number of amides is 1. The van der Waals surface area contributed by atoms with Crippen LogP contribution in [0.4, 0.5) is 23.2 Å². The first-order valence-electron chi connectivity index (χ1n) is 5.85. The van der Waals surface area contributed by atoms with Crippen molar-refractivity contribution in [3.63, 3.8) is 0 Å². The summed E-state index contributed by atoms with van der Waals surface area (Å²) in [4.78, 5) is 11.5. The van der Waals surface area contributed by atoms with Crippen molar-refractivity contribution in [3.8, 4) is 0 Å².